The highest BCUT2D eigenvalue weighted by Gasteiger charge is 2.44. The Balaban J connectivity index is 1.88. The summed E-state index contributed by atoms with van der Waals surface area (Å²) >= 11 is 0. The first-order valence-corrected chi connectivity index (χ1v) is 7.99. The van der Waals surface area contributed by atoms with Gasteiger partial charge in [0, 0.05) is 38.3 Å². The molecular weight excluding hydrogens is 252 g/mol. The van der Waals surface area contributed by atoms with Crippen LogP contribution in [0.2, 0.25) is 0 Å². The number of amides is 1. The molecular formula is C15H30N4O. The van der Waals surface area contributed by atoms with Gasteiger partial charge in [-0.3, -0.25) is 14.6 Å². The van der Waals surface area contributed by atoms with Crippen molar-refractivity contribution in [2.24, 2.45) is 5.73 Å². The largest absolute Gasteiger partial charge is 0.368 e. The molecule has 0 aromatic heterocycles. The summed E-state index contributed by atoms with van der Waals surface area (Å²) in [5, 5.41) is 3.17. The molecule has 2 fully saturated rings. The summed E-state index contributed by atoms with van der Waals surface area (Å²) < 4.78 is 0. The van der Waals surface area contributed by atoms with Gasteiger partial charge < -0.3 is 11.1 Å². The molecule has 0 aromatic rings. The second kappa shape index (κ2) is 6.41. The van der Waals surface area contributed by atoms with E-state index in [1.54, 1.807) is 0 Å². The molecule has 5 nitrogen and oxygen atoms in total. The highest BCUT2D eigenvalue weighted by Crippen LogP contribution is 2.33. The van der Waals surface area contributed by atoms with Crippen LogP contribution in [0.15, 0.2) is 0 Å². The third-order valence-electron chi connectivity index (χ3n) is 5.52. The van der Waals surface area contributed by atoms with Crippen molar-refractivity contribution >= 4 is 5.91 Å². The van der Waals surface area contributed by atoms with Crippen LogP contribution in [-0.2, 0) is 4.79 Å². The number of likely N-dealkylation sites (N-methyl/N-ethyl adjacent to an activating group) is 1. The van der Waals surface area contributed by atoms with E-state index in [9.17, 15) is 4.79 Å². The van der Waals surface area contributed by atoms with Gasteiger partial charge in [-0.15, -0.1) is 0 Å². The first-order chi connectivity index (χ1) is 9.52. The number of carbonyl (C=O) groups is 1. The topological polar surface area (TPSA) is 61.6 Å². The van der Waals surface area contributed by atoms with Crippen LogP contribution in [0, 0.1) is 0 Å². The average Bonchev–Trinajstić information content (AvgIpc) is 2.92. The first-order valence-electron chi connectivity index (χ1n) is 7.99. The Bertz CT molecular complexity index is 341. The Hall–Kier alpha value is -0.650. The zero-order valence-electron chi connectivity index (χ0n) is 13.2. The van der Waals surface area contributed by atoms with Crippen LogP contribution in [0.3, 0.4) is 0 Å². The van der Waals surface area contributed by atoms with Crippen LogP contribution in [0.25, 0.3) is 0 Å². The van der Waals surface area contributed by atoms with Gasteiger partial charge in [0.25, 0.3) is 0 Å². The number of carbonyl (C=O) groups excluding carboxylic acids is 1. The SMILES string of the molecule is CCC(C)N1CCN(C2CCC(NC)(C(N)=O)C2)CC1. The second-order valence-electron chi connectivity index (χ2n) is 6.42. The normalized spacial score (nSPS) is 34.2. The summed E-state index contributed by atoms with van der Waals surface area (Å²) in [6, 6.07) is 1.19. The molecule has 0 aromatic carbocycles. The van der Waals surface area contributed by atoms with Crippen molar-refractivity contribution in [1.29, 1.82) is 0 Å². The Morgan fingerprint density at radius 1 is 1.40 bits per heavy atom. The maximum atomic E-state index is 11.7. The fourth-order valence-corrected chi connectivity index (χ4v) is 3.71. The quantitative estimate of drug-likeness (QED) is 0.766. The Morgan fingerprint density at radius 3 is 2.50 bits per heavy atom. The van der Waals surface area contributed by atoms with Crippen molar-refractivity contribution in [2.45, 2.75) is 57.2 Å². The van der Waals surface area contributed by atoms with E-state index in [-0.39, 0.29) is 5.91 Å². The molecule has 5 heteroatoms. The van der Waals surface area contributed by atoms with E-state index >= 15 is 0 Å². The number of nitrogens with two attached hydrogens (primary N) is 1. The number of piperazine rings is 1. The summed E-state index contributed by atoms with van der Waals surface area (Å²) in [5.41, 5.74) is 5.11. The van der Waals surface area contributed by atoms with Gasteiger partial charge in [-0.2, -0.15) is 0 Å². The lowest BCUT2D eigenvalue weighted by Crippen LogP contribution is -2.55. The summed E-state index contributed by atoms with van der Waals surface area (Å²) in [5.74, 6) is -0.194. The molecule has 3 unspecified atom stereocenters. The predicted molar refractivity (Wildman–Crippen MR) is 81.5 cm³/mol. The maximum absolute atomic E-state index is 11.7. The fourth-order valence-electron chi connectivity index (χ4n) is 3.71. The molecule has 2 rings (SSSR count). The summed E-state index contributed by atoms with van der Waals surface area (Å²) in [4.78, 5) is 16.8. The van der Waals surface area contributed by atoms with Gasteiger partial charge in [0.1, 0.15) is 0 Å². The van der Waals surface area contributed by atoms with Crippen LogP contribution in [-0.4, -0.2) is 66.6 Å². The molecule has 2 aliphatic rings. The molecule has 1 amide bonds. The number of primary amides is 1. The fraction of sp³-hybridized carbons (Fsp3) is 0.933. The maximum Gasteiger partial charge on any atom is 0.237 e. The highest BCUT2D eigenvalue weighted by molar-refractivity contribution is 5.85. The zero-order chi connectivity index (χ0) is 14.8. The van der Waals surface area contributed by atoms with E-state index in [1.165, 1.54) is 6.42 Å². The van der Waals surface area contributed by atoms with Gasteiger partial charge in [0.15, 0.2) is 0 Å². The molecule has 0 radical (unpaired) electrons. The van der Waals surface area contributed by atoms with Crippen LogP contribution >= 0.6 is 0 Å². The third kappa shape index (κ3) is 3.00. The summed E-state index contributed by atoms with van der Waals surface area (Å²) in [7, 11) is 1.86. The number of hydrogen-bond donors (Lipinski definition) is 2. The van der Waals surface area contributed by atoms with E-state index in [2.05, 4.69) is 29.0 Å². The van der Waals surface area contributed by atoms with Gasteiger partial charge in [-0.25, -0.2) is 0 Å². The van der Waals surface area contributed by atoms with E-state index in [1.807, 2.05) is 7.05 Å². The van der Waals surface area contributed by atoms with Gasteiger partial charge in [0.05, 0.1) is 5.54 Å². The van der Waals surface area contributed by atoms with Crippen molar-refractivity contribution in [2.75, 3.05) is 33.2 Å². The monoisotopic (exact) mass is 282 g/mol. The van der Waals surface area contributed by atoms with Gasteiger partial charge >= 0.3 is 0 Å². The molecule has 3 N–H and O–H groups in total. The predicted octanol–water partition coefficient (Wildman–Crippen LogP) is 0.399. The second-order valence-corrected chi connectivity index (χ2v) is 6.42. The molecule has 1 aliphatic carbocycles. The van der Waals surface area contributed by atoms with Crippen LogP contribution < -0.4 is 11.1 Å². The number of hydrogen-bond acceptors (Lipinski definition) is 4. The van der Waals surface area contributed by atoms with E-state index in [0.29, 0.717) is 12.1 Å². The minimum Gasteiger partial charge on any atom is -0.368 e. The first kappa shape index (κ1) is 15.7. The van der Waals surface area contributed by atoms with Crippen molar-refractivity contribution in [1.82, 2.24) is 15.1 Å². The number of nitrogens with zero attached hydrogens (tertiary/aromatic N) is 2. The minimum absolute atomic E-state index is 0.194. The van der Waals surface area contributed by atoms with Crippen LogP contribution in [0.1, 0.15) is 39.5 Å². The lowest BCUT2D eigenvalue weighted by Gasteiger charge is -2.40. The average molecular weight is 282 g/mol. The zero-order valence-corrected chi connectivity index (χ0v) is 13.2. The Kier molecular flexibility index (Phi) is 5.04. The Morgan fingerprint density at radius 2 is 2.05 bits per heavy atom. The Labute approximate surface area is 122 Å². The van der Waals surface area contributed by atoms with E-state index < -0.39 is 5.54 Å². The molecule has 1 heterocycles. The minimum atomic E-state index is -0.474. The summed E-state index contributed by atoms with van der Waals surface area (Å²) in [6.45, 7) is 9.09. The smallest absolute Gasteiger partial charge is 0.237 e. The van der Waals surface area contributed by atoms with E-state index in [0.717, 1.165) is 45.4 Å². The molecule has 116 valence electrons. The van der Waals surface area contributed by atoms with Crippen molar-refractivity contribution in [3.63, 3.8) is 0 Å². The summed E-state index contributed by atoms with van der Waals surface area (Å²) in [6.07, 6.45) is 4.03. The number of nitrogens with one attached hydrogen (secondary N) is 1. The molecule has 0 spiro atoms. The molecule has 1 saturated heterocycles. The molecule has 0 bridgehead atoms. The number of rotatable bonds is 5. The van der Waals surface area contributed by atoms with Crippen molar-refractivity contribution < 1.29 is 4.79 Å². The molecule has 20 heavy (non-hydrogen) atoms. The molecule has 1 aliphatic heterocycles. The van der Waals surface area contributed by atoms with Crippen LogP contribution in [0.5, 0.6) is 0 Å². The lowest BCUT2D eigenvalue weighted by atomic mass is 9.96. The lowest BCUT2D eigenvalue weighted by molar-refractivity contribution is -0.124. The van der Waals surface area contributed by atoms with Crippen molar-refractivity contribution in [3.8, 4) is 0 Å². The van der Waals surface area contributed by atoms with Gasteiger partial charge in [-0.05, 0) is 39.7 Å². The van der Waals surface area contributed by atoms with Crippen molar-refractivity contribution in [3.05, 3.63) is 0 Å². The highest BCUT2D eigenvalue weighted by atomic mass is 16.1. The third-order valence-corrected chi connectivity index (χ3v) is 5.52. The molecule has 1 saturated carbocycles. The van der Waals surface area contributed by atoms with Crippen LogP contribution in [0.4, 0.5) is 0 Å². The van der Waals surface area contributed by atoms with Gasteiger partial charge in [0.2, 0.25) is 5.91 Å². The molecule has 3 atom stereocenters. The van der Waals surface area contributed by atoms with Gasteiger partial charge in [-0.1, -0.05) is 6.92 Å². The van der Waals surface area contributed by atoms with E-state index in [4.69, 9.17) is 5.73 Å². The standard InChI is InChI=1S/C15H30N4O/c1-4-12(2)18-7-9-19(10-8-18)13-5-6-15(11-13,17-3)14(16)20/h12-13,17H,4-11H2,1-3H3,(H2,16,20).